The van der Waals surface area contributed by atoms with Crippen LogP contribution in [0.25, 0.3) is 0 Å². The van der Waals surface area contributed by atoms with Gasteiger partial charge in [0.05, 0.1) is 48.8 Å². The summed E-state index contributed by atoms with van der Waals surface area (Å²) in [6.45, 7) is 16.0. The van der Waals surface area contributed by atoms with E-state index in [-0.39, 0.29) is 48.8 Å². The zero-order valence-electron chi connectivity index (χ0n) is 86.2. The van der Waals surface area contributed by atoms with E-state index in [2.05, 4.69) is 83.6 Å². The average Bonchev–Trinajstić information content (AvgIpc) is 1.53. The van der Waals surface area contributed by atoms with Crippen LogP contribution >= 0.6 is 0 Å². The first-order valence-electron chi connectivity index (χ1n) is 55.1. The highest BCUT2D eigenvalue weighted by Gasteiger charge is 2.43. The molecule has 32 heteroatoms. The molecule has 800 valence electrons. The maximum atomic E-state index is 14.3. The number of pyridine rings is 4. The van der Waals surface area contributed by atoms with Gasteiger partial charge in [0.15, 0.2) is 0 Å². The molecule has 0 amide bonds. The SMILES string of the molecule is C[C@@H]1CCc2ccc(CCCCO[C@@H]3CCN([C@@H](C(=O)O)c4cc(F)ccc4[C@@H]4CCCO4)C3)nc2N1.C[C@@H]1CCc2ccc(CCCCO[C@@H]3CCN([C@H](C(=O)O)c4cc(F)ccc4[C@@H]4CCCO4)C3)nc2N1.O=C(O)[C@@H](c1cc(F)ccc1[C@H]1CCCCO1)N1CC[C@H](OCCCCc2ccc3c(n2)NCCC3)C1.O=C(O)[C@H](c1cc(F)ccc1[C@H]1CCCCO1)N1CC[C@H](OCCCCc2ccc3c(n2)NCCC3)C1. The first-order valence-corrected chi connectivity index (χ1v) is 55.1. The Labute approximate surface area is 868 Å². The van der Waals surface area contributed by atoms with Crippen molar-refractivity contribution in [1.82, 2.24) is 39.5 Å². The second kappa shape index (κ2) is 54.2. The standard InChI is InChI=1S/4C29H38FN3O4/c2*1-19-7-8-20-9-11-22(32-28(20)31-19)5-2-3-15-36-23-13-14-33(18-23)27(29(34)35)25-17-21(30)10-12-24(25)26-6-4-16-37-26;2*30-21-10-12-24(26-8-2-4-17-37-26)25(18-21)27(29(34)35)33-15-13-23(19-33)36-16-3-1-7-22-11-9-20-6-5-14-31-28(20)32-22/h2*9-12,17,19,23,26-27H,2-8,13-16,18H2,1H3,(H,31,32)(H,34,35);2*9-12,18,23,26-27H,1-8,13-17,19H2,(H,31,32)(H,34,35)/t19-,23-,26+,27+;19-,23-,26+,27-;23-,26+,27+;23-,26+,27-/m1100/s1. The number of hydrogen-bond donors (Lipinski definition) is 8. The van der Waals surface area contributed by atoms with E-state index in [0.717, 1.165) is 300 Å². The number of nitrogens with one attached hydrogen (secondary N) is 4. The van der Waals surface area contributed by atoms with Gasteiger partial charge in [-0.15, -0.1) is 0 Å². The van der Waals surface area contributed by atoms with Gasteiger partial charge in [0.2, 0.25) is 0 Å². The summed E-state index contributed by atoms with van der Waals surface area (Å²) < 4.78 is 105. The molecule has 16 heterocycles. The highest BCUT2D eigenvalue weighted by Crippen LogP contribution is 2.44. The van der Waals surface area contributed by atoms with Crippen molar-refractivity contribution in [2.75, 3.05) is 140 Å². The van der Waals surface area contributed by atoms with Crippen LogP contribution in [0.15, 0.2) is 121 Å². The zero-order valence-corrected chi connectivity index (χ0v) is 86.2. The minimum absolute atomic E-state index is 0.0177. The Morgan fingerprint density at radius 2 is 0.601 bits per heavy atom. The molecule has 8 saturated heterocycles. The normalized spacial score (nSPS) is 23.7. The second-order valence-corrected chi connectivity index (χ2v) is 42.2. The minimum Gasteiger partial charge on any atom is -0.480 e. The van der Waals surface area contributed by atoms with E-state index in [4.69, 9.17) is 57.8 Å². The van der Waals surface area contributed by atoms with E-state index >= 15 is 0 Å². The molecular weight excluding hydrogens is 1890 g/mol. The Morgan fingerprint density at radius 3 is 0.865 bits per heavy atom. The number of aliphatic carboxylic acids is 4. The lowest BCUT2D eigenvalue weighted by Gasteiger charge is -2.30. The molecule has 14 atom stereocenters. The van der Waals surface area contributed by atoms with Gasteiger partial charge in [-0.1, -0.05) is 48.5 Å². The van der Waals surface area contributed by atoms with Gasteiger partial charge >= 0.3 is 23.9 Å². The number of rotatable bonds is 40. The molecule has 0 unspecified atom stereocenters. The number of carbonyl (C=O) groups is 4. The van der Waals surface area contributed by atoms with Gasteiger partial charge in [0.25, 0.3) is 0 Å². The summed E-state index contributed by atoms with van der Waals surface area (Å²) in [7, 11) is 0. The van der Waals surface area contributed by atoms with E-state index in [9.17, 15) is 57.2 Å². The second-order valence-electron chi connectivity index (χ2n) is 42.2. The number of aryl methyl sites for hydroxylation is 8. The summed E-state index contributed by atoms with van der Waals surface area (Å²) >= 11 is 0. The van der Waals surface area contributed by atoms with Crippen LogP contribution in [0.1, 0.15) is 319 Å². The van der Waals surface area contributed by atoms with Crippen LogP contribution in [0.2, 0.25) is 0 Å². The van der Waals surface area contributed by atoms with Crippen molar-refractivity contribution in [2.45, 2.75) is 317 Å². The number of unbranched alkanes of at least 4 members (excludes halogenated alkanes) is 4. The maximum Gasteiger partial charge on any atom is 0.325 e. The molecule has 28 nitrogen and oxygen atoms in total. The lowest BCUT2D eigenvalue weighted by atomic mass is 9.92. The van der Waals surface area contributed by atoms with E-state index in [1.54, 1.807) is 24.3 Å². The number of halogens is 4. The third-order valence-electron chi connectivity index (χ3n) is 31.2. The van der Waals surface area contributed by atoms with Gasteiger partial charge < -0.3 is 79.6 Å². The lowest BCUT2D eigenvalue weighted by molar-refractivity contribution is -0.144. The van der Waals surface area contributed by atoms with Crippen molar-refractivity contribution in [3.8, 4) is 0 Å². The molecule has 0 aliphatic carbocycles. The summed E-state index contributed by atoms with van der Waals surface area (Å²) in [6, 6.07) is 32.5. The molecule has 0 spiro atoms. The Bertz CT molecular complexity index is 5350. The molecule has 20 rings (SSSR count). The molecule has 12 aliphatic heterocycles. The summed E-state index contributed by atoms with van der Waals surface area (Å²) in [4.78, 5) is 76.3. The first-order chi connectivity index (χ1) is 72.1. The number of ether oxygens (including phenoxy) is 8. The molecule has 0 saturated carbocycles. The monoisotopic (exact) mass is 2050 g/mol. The van der Waals surface area contributed by atoms with Crippen molar-refractivity contribution in [3.05, 3.63) is 234 Å². The fourth-order valence-electron chi connectivity index (χ4n) is 23.4. The average molecular weight is 2050 g/mol. The van der Waals surface area contributed by atoms with Crippen LogP contribution in [0.3, 0.4) is 0 Å². The molecular formula is C116H152F4N12O16. The topological polar surface area (TPSA) is 336 Å². The molecule has 8 aromatic rings. The smallest absolute Gasteiger partial charge is 0.325 e. The Morgan fingerprint density at radius 1 is 0.331 bits per heavy atom. The van der Waals surface area contributed by atoms with Crippen LogP contribution in [0, 0.1) is 23.3 Å². The van der Waals surface area contributed by atoms with Gasteiger partial charge in [-0.3, -0.25) is 38.8 Å². The predicted octanol–water partition coefficient (Wildman–Crippen LogP) is 20.2. The van der Waals surface area contributed by atoms with Gasteiger partial charge in [-0.25, -0.2) is 37.5 Å². The molecule has 4 aromatic heterocycles. The fraction of sp³-hybridized carbons (Fsp3) is 0.586. The summed E-state index contributed by atoms with van der Waals surface area (Å²) in [5, 5.41) is 54.3. The number of carboxylic acids is 4. The Hall–Kier alpha value is -10.2. The number of likely N-dealkylation sites (tertiary alicyclic amines) is 4. The Balaban J connectivity index is 0.000000135. The van der Waals surface area contributed by atoms with Crippen LogP contribution in [0.5, 0.6) is 0 Å². The molecule has 0 radical (unpaired) electrons. The number of nitrogens with zero attached hydrogens (tertiary/aromatic N) is 8. The van der Waals surface area contributed by atoms with Crippen molar-refractivity contribution in [2.24, 2.45) is 0 Å². The molecule has 0 bridgehead atoms. The number of hydrogen-bond acceptors (Lipinski definition) is 24. The highest BCUT2D eigenvalue weighted by molar-refractivity contribution is 5.79. The summed E-state index contributed by atoms with van der Waals surface area (Å²) in [6.07, 6.45) is 31.8. The van der Waals surface area contributed by atoms with Crippen molar-refractivity contribution in [3.63, 3.8) is 0 Å². The fourth-order valence-corrected chi connectivity index (χ4v) is 23.4. The quantitative estimate of drug-likeness (QED) is 0.0131. The van der Waals surface area contributed by atoms with Gasteiger partial charge in [0, 0.05) is 153 Å². The summed E-state index contributed by atoms with van der Waals surface area (Å²) in [5.74, 6) is -1.40. The van der Waals surface area contributed by atoms with Gasteiger partial charge in [-0.2, -0.15) is 0 Å². The van der Waals surface area contributed by atoms with Crippen LogP contribution in [-0.4, -0.2) is 239 Å². The largest absolute Gasteiger partial charge is 0.480 e. The number of carboxylic acid groups (broad SMARTS) is 4. The molecule has 12 aliphatic rings. The third kappa shape index (κ3) is 29.8. The summed E-state index contributed by atoms with van der Waals surface area (Å²) in [5.41, 5.74) is 14.8. The molecule has 8 N–H and O–H groups in total. The van der Waals surface area contributed by atoms with Gasteiger partial charge in [0.1, 0.15) is 70.7 Å². The van der Waals surface area contributed by atoms with Crippen molar-refractivity contribution >= 4 is 47.1 Å². The molecule has 8 fully saturated rings. The maximum absolute atomic E-state index is 14.3. The minimum atomic E-state index is -0.966. The third-order valence-corrected chi connectivity index (χ3v) is 31.2. The number of benzene rings is 4. The van der Waals surface area contributed by atoms with E-state index in [0.29, 0.717) is 140 Å². The van der Waals surface area contributed by atoms with Gasteiger partial charge in [-0.05, 0) is 372 Å². The van der Waals surface area contributed by atoms with Crippen LogP contribution < -0.4 is 21.3 Å². The number of aromatic nitrogens is 4. The predicted molar refractivity (Wildman–Crippen MR) is 557 cm³/mol. The van der Waals surface area contributed by atoms with Crippen LogP contribution in [0.4, 0.5) is 40.8 Å². The van der Waals surface area contributed by atoms with Crippen molar-refractivity contribution in [1.29, 1.82) is 0 Å². The van der Waals surface area contributed by atoms with E-state index < -0.39 is 71.3 Å². The number of fused-ring (bicyclic) bond motifs is 4. The van der Waals surface area contributed by atoms with Crippen molar-refractivity contribution < 1.29 is 95.1 Å². The zero-order chi connectivity index (χ0) is 103. The Kier molecular flexibility index (Phi) is 39.9. The van der Waals surface area contributed by atoms with Crippen LogP contribution in [-0.2, 0) is 108 Å². The molecule has 4 aromatic carbocycles. The lowest BCUT2D eigenvalue weighted by Crippen LogP contribution is -2.34. The highest BCUT2D eigenvalue weighted by atomic mass is 19.1. The first kappa shape index (κ1) is 109. The number of anilines is 4. The van der Waals surface area contributed by atoms with E-state index in [1.807, 2.05) is 19.6 Å². The van der Waals surface area contributed by atoms with E-state index in [1.165, 1.54) is 70.8 Å². The molecule has 148 heavy (non-hydrogen) atoms.